The zero-order valence-corrected chi connectivity index (χ0v) is 18.4. The molecule has 2 saturated carbocycles. The number of hydrogen-bond donors (Lipinski definition) is 0. The van der Waals surface area contributed by atoms with Crippen LogP contribution in [0.1, 0.15) is 78.1 Å². The van der Waals surface area contributed by atoms with Gasteiger partial charge in [-0.3, -0.25) is 0 Å². The average Bonchev–Trinajstić information content (AvgIpc) is 2.27. The van der Waals surface area contributed by atoms with E-state index in [-0.39, 0.29) is 29.8 Å². The predicted molar refractivity (Wildman–Crippen MR) is 85.9 cm³/mol. The van der Waals surface area contributed by atoms with Gasteiger partial charge in [0.1, 0.15) is 0 Å². The molecule has 2 aliphatic carbocycles. The van der Waals surface area contributed by atoms with Crippen LogP contribution in [0.3, 0.4) is 0 Å². The number of rotatable bonds is 4. The molecule has 2 fully saturated rings. The molecular formula is C14H26O2PS2Zn-. The summed E-state index contributed by atoms with van der Waals surface area (Å²) in [5, 5.41) is 0. The van der Waals surface area contributed by atoms with Gasteiger partial charge in [0.25, 0.3) is 0 Å². The zero-order chi connectivity index (χ0) is 14.0. The van der Waals surface area contributed by atoms with Crippen molar-refractivity contribution in [1.82, 2.24) is 0 Å². The van der Waals surface area contributed by atoms with Gasteiger partial charge in [-0.2, -0.15) is 0 Å². The van der Waals surface area contributed by atoms with Crippen molar-refractivity contribution in [2.24, 2.45) is 0 Å². The first-order chi connectivity index (χ1) is 8.83. The monoisotopic (exact) mass is 385 g/mol. The Bertz CT molecular complexity index is 323. The van der Waals surface area contributed by atoms with Crippen molar-refractivity contribution < 1.29 is 28.9 Å². The summed E-state index contributed by atoms with van der Waals surface area (Å²) in [6.45, 7) is 4.30. The van der Waals surface area contributed by atoms with Gasteiger partial charge in [-0.25, -0.2) is 0 Å². The predicted octanol–water partition coefficient (Wildman–Crippen LogP) is 4.76. The van der Waals surface area contributed by atoms with E-state index < -0.39 is 5.69 Å². The molecule has 2 nitrogen and oxygen atoms in total. The van der Waals surface area contributed by atoms with Gasteiger partial charge in [0.05, 0.1) is 5.60 Å². The molecule has 6 heteroatoms. The second-order valence-corrected chi connectivity index (χ2v) is 13.0. The van der Waals surface area contributed by atoms with Crippen LogP contribution in [0.2, 0.25) is 0 Å². The van der Waals surface area contributed by atoms with E-state index in [1.165, 1.54) is 49.9 Å². The molecule has 0 radical (unpaired) electrons. The summed E-state index contributed by atoms with van der Waals surface area (Å²) in [5.41, 5.74) is -3.20. The molecule has 0 N–H and O–H groups in total. The van der Waals surface area contributed by atoms with E-state index in [1.54, 1.807) is 0 Å². The van der Waals surface area contributed by atoms with Crippen LogP contribution in [0.25, 0.3) is 0 Å². The molecule has 20 heavy (non-hydrogen) atoms. The SMILES string of the molecule is CC1(OP([O-])(=S)SC2(C)CCCCC2)CCCCC1.[Zn]. The Balaban J connectivity index is 0.00000200. The molecule has 0 aromatic rings. The van der Waals surface area contributed by atoms with Gasteiger partial charge in [-0.1, -0.05) is 57.3 Å². The van der Waals surface area contributed by atoms with E-state index in [1.807, 2.05) is 0 Å². The molecule has 0 spiro atoms. The van der Waals surface area contributed by atoms with E-state index in [2.05, 4.69) is 13.8 Å². The van der Waals surface area contributed by atoms with Gasteiger partial charge in [-0.15, -0.1) is 11.4 Å². The maximum Gasteiger partial charge on any atom is 0.0701 e. The molecule has 0 aromatic carbocycles. The van der Waals surface area contributed by atoms with Crippen LogP contribution in [-0.4, -0.2) is 10.3 Å². The summed E-state index contributed by atoms with van der Waals surface area (Å²) >= 11 is 6.81. The van der Waals surface area contributed by atoms with Crippen LogP contribution in [0.15, 0.2) is 0 Å². The van der Waals surface area contributed by atoms with Crippen molar-refractivity contribution in [3.05, 3.63) is 0 Å². The normalized spacial score (nSPS) is 28.1. The van der Waals surface area contributed by atoms with Crippen LogP contribution in [0, 0.1) is 0 Å². The molecule has 0 aliphatic heterocycles. The molecule has 0 bridgehead atoms. The van der Waals surface area contributed by atoms with Crippen LogP contribution in [0.4, 0.5) is 0 Å². The fraction of sp³-hybridized carbons (Fsp3) is 1.00. The smallest absolute Gasteiger partial charge is 0.0701 e. The summed E-state index contributed by atoms with van der Waals surface area (Å²) in [7, 11) is 0. The van der Waals surface area contributed by atoms with Crippen LogP contribution in [-0.2, 0) is 35.8 Å². The molecule has 0 amide bonds. The van der Waals surface area contributed by atoms with Gasteiger partial charge in [0.15, 0.2) is 0 Å². The van der Waals surface area contributed by atoms with Crippen molar-refractivity contribution in [1.29, 1.82) is 0 Å². The van der Waals surface area contributed by atoms with Crippen molar-refractivity contribution in [3.8, 4) is 0 Å². The Morgan fingerprint density at radius 1 is 0.950 bits per heavy atom. The molecule has 0 saturated heterocycles. The van der Waals surface area contributed by atoms with Crippen LogP contribution < -0.4 is 4.89 Å². The van der Waals surface area contributed by atoms with Crippen molar-refractivity contribution in [3.63, 3.8) is 0 Å². The fourth-order valence-corrected chi connectivity index (χ4v) is 10.1. The molecule has 1 atom stereocenters. The van der Waals surface area contributed by atoms with Gasteiger partial charge in [0.2, 0.25) is 0 Å². The van der Waals surface area contributed by atoms with E-state index >= 15 is 0 Å². The van der Waals surface area contributed by atoms with Crippen LogP contribution >= 0.6 is 17.1 Å². The first kappa shape index (κ1) is 19.6. The minimum absolute atomic E-state index is 0. The minimum Gasteiger partial charge on any atom is -0.793 e. The first-order valence-electron chi connectivity index (χ1n) is 7.55. The first-order valence-corrected chi connectivity index (χ1v) is 11.6. The van der Waals surface area contributed by atoms with Crippen molar-refractivity contribution >= 4 is 28.9 Å². The van der Waals surface area contributed by atoms with E-state index in [9.17, 15) is 4.89 Å². The summed E-state index contributed by atoms with van der Waals surface area (Å²) in [5.74, 6) is 0. The Hall–Kier alpha value is 1.54. The Kier molecular flexibility index (Phi) is 7.72. The maximum atomic E-state index is 12.7. The second-order valence-electron chi connectivity index (χ2n) is 6.65. The zero-order valence-electron chi connectivity index (χ0n) is 12.9. The summed E-state index contributed by atoms with van der Waals surface area (Å²) in [4.78, 5) is 12.7. The van der Waals surface area contributed by atoms with Gasteiger partial charge in [-0.05, 0) is 32.6 Å². The maximum absolute atomic E-state index is 12.7. The Morgan fingerprint density at radius 3 is 1.90 bits per heavy atom. The molecule has 0 heterocycles. The molecule has 114 valence electrons. The van der Waals surface area contributed by atoms with Crippen molar-refractivity contribution in [2.75, 3.05) is 0 Å². The Morgan fingerprint density at radius 2 is 1.40 bits per heavy atom. The fourth-order valence-electron chi connectivity index (χ4n) is 3.34. The van der Waals surface area contributed by atoms with Crippen LogP contribution in [0.5, 0.6) is 0 Å². The number of hydrogen-bond acceptors (Lipinski definition) is 4. The largest absolute Gasteiger partial charge is 0.793 e. The van der Waals surface area contributed by atoms with E-state index in [4.69, 9.17) is 16.3 Å². The third-order valence-corrected chi connectivity index (χ3v) is 9.34. The average molecular weight is 387 g/mol. The minimum atomic E-state index is -2.96. The van der Waals surface area contributed by atoms with Crippen molar-refractivity contribution in [2.45, 2.75) is 88.4 Å². The summed E-state index contributed by atoms with van der Waals surface area (Å²) in [6, 6.07) is 0. The Labute approximate surface area is 145 Å². The van der Waals surface area contributed by atoms with E-state index in [0.29, 0.717) is 0 Å². The second kappa shape index (κ2) is 7.89. The standard InChI is InChI=1S/C14H27O2PS2.Zn/c1-13(9-5-3-6-10-13)16-17(15,18)19-14(2)11-7-4-8-12-14;/h3-12H2,1-2H3,(H,15,18);/p-1. The molecular weight excluding hydrogens is 361 g/mol. The summed E-state index contributed by atoms with van der Waals surface area (Å²) in [6.07, 6.45) is 11.6. The third-order valence-electron chi connectivity index (χ3n) is 4.49. The summed E-state index contributed by atoms with van der Waals surface area (Å²) < 4.78 is 6.04. The molecule has 1 unspecified atom stereocenters. The van der Waals surface area contributed by atoms with Gasteiger partial charge < -0.3 is 9.42 Å². The topological polar surface area (TPSA) is 32.3 Å². The molecule has 2 aliphatic rings. The molecule has 2 rings (SSSR count). The third kappa shape index (κ3) is 5.97. The molecule has 0 aromatic heterocycles. The van der Waals surface area contributed by atoms with E-state index in [0.717, 1.165) is 25.7 Å². The quantitative estimate of drug-likeness (QED) is 0.515. The van der Waals surface area contributed by atoms with Gasteiger partial charge >= 0.3 is 0 Å². The van der Waals surface area contributed by atoms with Gasteiger partial charge in [0, 0.05) is 29.9 Å².